The first kappa shape index (κ1) is 12.4. The van der Waals surface area contributed by atoms with Crippen LogP contribution >= 0.6 is 15.9 Å². The summed E-state index contributed by atoms with van der Waals surface area (Å²) in [6, 6.07) is 12.5. The number of hydrogen-bond donors (Lipinski definition) is 1. The quantitative estimate of drug-likeness (QED) is 0.918. The topological polar surface area (TPSA) is 21.3 Å². The van der Waals surface area contributed by atoms with E-state index in [9.17, 15) is 0 Å². The molecule has 0 aliphatic rings. The van der Waals surface area contributed by atoms with Gasteiger partial charge < -0.3 is 10.1 Å². The van der Waals surface area contributed by atoms with Gasteiger partial charge in [-0.25, -0.2) is 0 Å². The summed E-state index contributed by atoms with van der Waals surface area (Å²) < 4.78 is 6.36. The van der Waals surface area contributed by atoms with Crippen molar-refractivity contribution in [2.45, 2.75) is 13.0 Å². The molecule has 1 atom stereocenters. The largest absolute Gasteiger partial charge is 0.382 e. The number of rotatable bonds is 4. The highest BCUT2D eigenvalue weighted by Gasteiger charge is 2.05. The van der Waals surface area contributed by atoms with Crippen LogP contribution in [-0.4, -0.2) is 19.8 Å². The van der Waals surface area contributed by atoms with Crippen LogP contribution in [0.4, 0.5) is 5.69 Å². The van der Waals surface area contributed by atoms with Crippen LogP contribution in [0, 0.1) is 0 Å². The Labute approximate surface area is 110 Å². The minimum atomic E-state index is 0.206. The lowest BCUT2D eigenvalue weighted by atomic mass is 10.1. The van der Waals surface area contributed by atoms with Gasteiger partial charge in [0.05, 0.1) is 6.10 Å². The summed E-state index contributed by atoms with van der Waals surface area (Å²) in [7, 11) is 1.73. The average Bonchev–Trinajstić information content (AvgIpc) is 2.38. The molecule has 0 radical (unpaired) electrons. The van der Waals surface area contributed by atoms with Crippen LogP contribution in [0.2, 0.25) is 0 Å². The molecule has 0 aromatic heterocycles. The van der Waals surface area contributed by atoms with Crippen LogP contribution in [0.5, 0.6) is 0 Å². The smallest absolute Gasteiger partial charge is 0.0715 e. The van der Waals surface area contributed by atoms with Gasteiger partial charge in [-0.15, -0.1) is 0 Å². The second-order valence-corrected chi connectivity index (χ2v) is 4.92. The molecule has 17 heavy (non-hydrogen) atoms. The maximum atomic E-state index is 5.24. The number of ether oxygens (including phenoxy) is 1. The molecule has 0 heterocycles. The van der Waals surface area contributed by atoms with Gasteiger partial charge in [0.15, 0.2) is 0 Å². The predicted molar refractivity (Wildman–Crippen MR) is 76.6 cm³/mol. The van der Waals surface area contributed by atoms with Crippen molar-refractivity contribution in [2.75, 3.05) is 19.0 Å². The zero-order valence-electron chi connectivity index (χ0n) is 10.0. The van der Waals surface area contributed by atoms with E-state index < -0.39 is 0 Å². The average molecular weight is 294 g/mol. The first-order chi connectivity index (χ1) is 8.22. The van der Waals surface area contributed by atoms with Gasteiger partial charge in [0.2, 0.25) is 0 Å². The number of halogens is 1. The van der Waals surface area contributed by atoms with E-state index in [1.807, 2.05) is 6.92 Å². The Morgan fingerprint density at radius 1 is 1.18 bits per heavy atom. The molecule has 2 aromatic rings. The van der Waals surface area contributed by atoms with E-state index in [1.165, 1.54) is 10.8 Å². The van der Waals surface area contributed by atoms with Crippen LogP contribution in [0.3, 0.4) is 0 Å². The Morgan fingerprint density at radius 3 is 2.59 bits per heavy atom. The summed E-state index contributed by atoms with van der Waals surface area (Å²) in [4.78, 5) is 0. The van der Waals surface area contributed by atoms with Crippen molar-refractivity contribution in [1.29, 1.82) is 0 Å². The predicted octanol–water partition coefficient (Wildman–Crippen LogP) is 4.05. The molecule has 0 amide bonds. The number of methoxy groups -OCH3 is 1. The normalized spacial score (nSPS) is 12.6. The first-order valence-corrected chi connectivity index (χ1v) is 6.45. The fourth-order valence-electron chi connectivity index (χ4n) is 1.75. The van der Waals surface area contributed by atoms with Crippen molar-refractivity contribution in [2.24, 2.45) is 0 Å². The van der Waals surface area contributed by atoms with Crippen molar-refractivity contribution >= 4 is 32.4 Å². The van der Waals surface area contributed by atoms with Gasteiger partial charge in [0, 0.05) is 29.2 Å². The van der Waals surface area contributed by atoms with Gasteiger partial charge in [0.25, 0.3) is 0 Å². The number of benzene rings is 2. The third-order valence-corrected chi connectivity index (χ3v) is 3.54. The van der Waals surface area contributed by atoms with Crippen molar-refractivity contribution in [3.05, 3.63) is 40.9 Å². The molecule has 1 N–H and O–H groups in total. The zero-order chi connectivity index (χ0) is 12.3. The molecule has 0 fully saturated rings. The number of nitrogens with one attached hydrogen (secondary N) is 1. The van der Waals surface area contributed by atoms with Crippen LogP contribution < -0.4 is 5.32 Å². The summed E-state index contributed by atoms with van der Waals surface area (Å²) >= 11 is 3.57. The van der Waals surface area contributed by atoms with Gasteiger partial charge in [0.1, 0.15) is 0 Å². The fourth-order valence-corrected chi connectivity index (χ4v) is 2.23. The van der Waals surface area contributed by atoms with E-state index in [0.717, 1.165) is 16.7 Å². The lowest BCUT2D eigenvalue weighted by Gasteiger charge is -2.14. The van der Waals surface area contributed by atoms with Crippen molar-refractivity contribution < 1.29 is 4.74 Å². The van der Waals surface area contributed by atoms with Crippen molar-refractivity contribution in [1.82, 2.24) is 0 Å². The fraction of sp³-hybridized carbons (Fsp3) is 0.286. The maximum absolute atomic E-state index is 5.24. The van der Waals surface area contributed by atoms with E-state index in [2.05, 4.69) is 57.6 Å². The van der Waals surface area contributed by atoms with E-state index in [-0.39, 0.29) is 6.10 Å². The maximum Gasteiger partial charge on any atom is 0.0715 e. The van der Waals surface area contributed by atoms with Gasteiger partial charge in [-0.3, -0.25) is 0 Å². The van der Waals surface area contributed by atoms with Gasteiger partial charge in [-0.2, -0.15) is 0 Å². The van der Waals surface area contributed by atoms with Crippen LogP contribution in [-0.2, 0) is 4.74 Å². The third-order valence-electron chi connectivity index (χ3n) is 2.85. The molecule has 0 saturated carbocycles. The number of fused-ring (bicyclic) bond motifs is 1. The molecule has 0 aliphatic heterocycles. The second-order valence-electron chi connectivity index (χ2n) is 4.07. The standard InChI is InChI=1S/C14H16BrNO/c1-10(17-2)9-16-14-8-7-13(15)11-5-3-4-6-12(11)14/h3-8,10,16H,9H2,1-2H3. The molecule has 2 nitrogen and oxygen atoms in total. The lowest BCUT2D eigenvalue weighted by molar-refractivity contribution is 0.129. The summed E-state index contributed by atoms with van der Waals surface area (Å²) in [5.74, 6) is 0. The minimum absolute atomic E-state index is 0.206. The Kier molecular flexibility index (Phi) is 4.02. The lowest BCUT2D eigenvalue weighted by Crippen LogP contribution is -2.18. The minimum Gasteiger partial charge on any atom is -0.382 e. The molecule has 2 aromatic carbocycles. The molecule has 90 valence electrons. The Bertz CT molecular complexity index is 513. The molecular formula is C14H16BrNO. The molecule has 0 aliphatic carbocycles. The number of hydrogen-bond acceptors (Lipinski definition) is 2. The molecule has 3 heteroatoms. The zero-order valence-corrected chi connectivity index (χ0v) is 11.6. The highest BCUT2D eigenvalue weighted by atomic mass is 79.9. The van der Waals surface area contributed by atoms with E-state index >= 15 is 0 Å². The summed E-state index contributed by atoms with van der Waals surface area (Å²) in [5.41, 5.74) is 1.15. The van der Waals surface area contributed by atoms with Crippen LogP contribution in [0.1, 0.15) is 6.92 Å². The Balaban J connectivity index is 2.32. The molecule has 0 saturated heterocycles. The molecule has 1 unspecified atom stereocenters. The highest BCUT2D eigenvalue weighted by molar-refractivity contribution is 9.10. The van der Waals surface area contributed by atoms with Gasteiger partial charge in [-0.1, -0.05) is 40.2 Å². The summed E-state index contributed by atoms with van der Waals surface area (Å²) in [5, 5.41) is 5.87. The van der Waals surface area contributed by atoms with E-state index in [1.54, 1.807) is 7.11 Å². The van der Waals surface area contributed by atoms with Crippen molar-refractivity contribution in [3.63, 3.8) is 0 Å². The molecule has 0 spiro atoms. The van der Waals surface area contributed by atoms with Crippen LogP contribution in [0.15, 0.2) is 40.9 Å². The molecular weight excluding hydrogens is 278 g/mol. The Hall–Kier alpha value is -1.06. The SMILES string of the molecule is COC(C)CNc1ccc(Br)c2ccccc12. The second kappa shape index (κ2) is 5.52. The highest BCUT2D eigenvalue weighted by Crippen LogP contribution is 2.29. The first-order valence-electron chi connectivity index (χ1n) is 5.66. The third kappa shape index (κ3) is 2.79. The van der Waals surface area contributed by atoms with Gasteiger partial charge in [-0.05, 0) is 24.4 Å². The monoisotopic (exact) mass is 293 g/mol. The van der Waals surface area contributed by atoms with Crippen LogP contribution in [0.25, 0.3) is 10.8 Å². The van der Waals surface area contributed by atoms with E-state index in [0.29, 0.717) is 0 Å². The Morgan fingerprint density at radius 2 is 1.88 bits per heavy atom. The molecule has 0 bridgehead atoms. The van der Waals surface area contributed by atoms with Gasteiger partial charge >= 0.3 is 0 Å². The summed E-state index contributed by atoms with van der Waals surface area (Å²) in [6.45, 7) is 2.86. The van der Waals surface area contributed by atoms with Crippen molar-refractivity contribution in [3.8, 4) is 0 Å². The molecule has 2 rings (SSSR count). The summed E-state index contributed by atoms with van der Waals surface area (Å²) in [6.07, 6.45) is 0.206. The number of anilines is 1. The van der Waals surface area contributed by atoms with E-state index in [4.69, 9.17) is 4.74 Å².